The lowest BCUT2D eigenvalue weighted by Gasteiger charge is -2.25. The minimum Gasteiger partial charge on any atom is -0.348 e. The third-order valence-electron chi connectivity index (χ3n) is 5.02. The van der Waals surface area contributed by atoms with Gasteiger partial charge in [-0.05, 0) is 43.4 Å². The number of nitrogens with zero attached hydrogens (tertiary/aromatic N) is 2. The molecule has 1 heterocycles. The number of carbonyl (C=O) groups is 1. The lowest BCUT2D eigenvalue weighted by atomic mass is 9.88. The number of aryl methyl sites for hydroxylation is 1. The summed E-state index contributed by atoms with van der Waals surface area (Å²) in [5, 5.41) is 12.3. The Hall–Kier alpha value is -2.61. The van der Waals surface area contributed by atoms with Gasteiger partial charge in [0.1, 0.15) is 0 Å². The second-order valence-corrected chi connectivity index (χ2v) is 6.53. The Morgan fingerprint density at radius 3 is 3.09 bits per heavy atom. The molecule has 0 saturated heterocycles. The Bertz CT molecular complexity index is 797. The lowest BCUT2D eigenvalue weighted by molar-refractivity contribution is -0.126. The van der Waals surface area contributed by atoms with E-state index >= 15 is 0 Å². The maximum atomic E-state index is 12.7. The van der Waals surface area contributed by atoms with E-state index in [1.807, 2.05) is 18.2 Å². The summed E-state index contributed by atoms with van der Waals surface area (Å²) in [6.07, 6.45) is 6.02. The molecule has 4 rings (SSSR count). The maximum absolute atomic E-state index is 12.7. The van der Waals surface area contributed by atoms with Crippen molar-refractivity contribution in [2.24, 2.45) is 5.92 Å². The summed E-state index contributed by atoms with van der Waals surface area (Å²) in [5.74, 6) is 0.115. The molecular formula is C18H18N4O. The molecule has 2 aliphatic carbocycles. The van der Waals surface area contributed by atoms with Crippen LogP contribution < -0.4 is 5.32 Å². The average Bonchev–Trinajstić information content (AvgIpc) is 3.21. The molecule has 0 aliphatic heterocycles. The van der Waals surface area contributed by atoms with Gasteiger partial charge in [0.05, 0.1) is 29.2 Å². The van der Waals surface area contributed by atoms with Gasteiger partial charge < -0.3 is 10.3 Å². The van der Waals surface area contributed by atoms with Gasteiger partial charge in [-0.1, -0.05) is 12.1 Å². The largest absolute Gasteiger partial charge is 0.348 e. The third kappa shape index (κ3) is 2.50. The topological polar surface area (TPSA) is 81.6 Å². The summed E-state index contributed by atoms with van der Waals surface area (Å²) < 4.78 is 0. The van der Waals surface area contributed by atoms with Gasteiger partial charge in [-0.2, -0.15) is 5.26 Å². The van der Waals surface area contributed by atoms with Crippen molar-refractivity contribution < 1.29 is 4.79 Å². The normalized spacial score (nSPS) is 21.1. The summed E-state index contributed by atoms with van der Waals surface area (Å²) in [5.41, 5.74) is 3.61. The Morgan fingerprint density at radius 2 is 2.30 bits per heavy atom. The predicted molar refractivity (Wildman–Crippen MR) is 84.3 cm³/mol. The number of hydrogen-bond donors (Lipinski definition) is 2. The van der Waals surface area contributed by atoms with Crippen molar-refractivity contribution in [3.8, 4) is 6.07 Å². The van der Waals surface area contributed by atoms with Crippen LogP contribution in [0.25, 0.3) is 0 Å². The van der Waals surface area contributed by atoms with Gasteiger partial charge in [0, 0.05) is 18.0 Å². The first-order chi connectivity index (χ1) is 11.2. The molecule has 1 atom stereocenters. The van der Waals surface area contributed by atoms with Gasteiger partial charge in [0.25, 0.3) is 0 Å². The number of carbonyl (C=O) groups excluding carboxylic acids is 1. The van der Waals surface area contributed by atoms with Gasteiger partial charge in [-0.15, -0.1) is 0 Å². The van der Waals surface area contributed by atoms with E-state index in [0.29, 0.717) is 5.56 Å². The number of nitrogens with one attached hydrogen (secondary N) is 2. The minimum atomic E-state index is -0.266. The van der Waals surface area contributed by atoms with Crippen LogP contribution in [0.2, 0.25) is 0 Å². The molecule has 2 aromatic rings. The second kappa shape index (κ2) is 5.24. The monoisotopic (exact) mass is 306 g/mol. The van der Waals surface area contributed by atoms with E-state index in [9.17, 15) is 4.79 Å². The van der Waals surface area contributed by atoms with E-state index in [1.165, 1.54) is 0 Å². The summed E-state index contributed by atoms with van der Waals surface area (Å²) in [6, 6.07) is 9.74. The number of aromatic nitrogens is 2. The van der Waals surface area contributed by atoms with Crippen molar-refractivity contribution in [3.05, 3.63) is 53.1 Å². The van der Waals surface area contributed by atoms with Gasteiger partial charge in [0.2, 0.25) is 5.91 Å². The van der Waals surface area contributed by atoms with Crippen molar-refractivity contribution in [1.82, 2.24) is 15.3 Å². The fraction of sp³-hybridized carbons (Fsp3) is 0.389. The van der Waals surface area contributed by atoms with E-state index in [4.69, 9.17) is 5.26 Å². The first-order valence-electron chi connectivity index (χ1n) is 8.04. The van der Waals surface area contributed by atoms with Gasteiger partial charge in [0.15, 0.2) is 0 Å². The number of amides is 1. The number of nitriles is 1. The van der Waals surface area contributed by atoms with Crippen molar-refractivity contribution >= 4 is 5.91 Å². The van der Waals surface area contributed by atoms with Gasteiger partial charge in [-0.25, -0.2) is 4.98 Å². The van der Waals surface area contributed by atoms with Crippen molar-refractivity contribution in [2.75, 3.05) is 0 Å². The van der Waals surface area contributed by atoms with Crippen LogP contribution >= 0.6 is 0 Å². The van der Waals surface area contributed by atoms with E-state index < -0.39 is 0 Å². The summed E-state index contributed by atoms with van der Waals surface area (Å²) in [6.45, 7) is 0. The molecule has 5 heteroatoms. The number of hydrogen-bond acceptors (Lipinski definition) is 3. The van der Waals surface area contributed by atoms with Crippen LogP contribution in [0.1, 0.15) is 41.8 Å². The highest BCUT2D eigenvalue weighted by Crippen LogP contribution is 2.46. The molecule has 1 aromatic heterocycles. The van der Waals surface area contributed by atoms with Crippen LogP contribution in [0.4, 0.5) is 0 Å². The minimum absolute atomic E-state index is 0.000394. The van der Waals surface area contributed by atoms with E-state index in [1.54, 1.807) is 12.4 Å². The first kappa shape index (κ1) is 14.0. The Kier molecular flexibility index (Phi) is 3.19. The Balaban J connectivity index is 1.49. The van der Waals surface area contributed by atoms with Gasteiger partial charge in [-0.3, -0.25) is 4.79 Å². The van der Waals surface area contributed by atoms with Gasteiger partial charge >= 0.3 is 0 Å². The summed E-state index contributed by atoms with van der Waals surface area (Å²) in [7, 11) is 0. The molecule has 0 bridgehead atoms. The highest BCUT2D eigenvalue weighted by atomic mass is 16.2. The number of rotatable bonds is 3. The Morgan fingerprint density at radius 1 is 1.43 bits per heavy atom. The smallest absolute Gasteiger partial charge is 0.224 e. The van der Waals surface area contributed by atoms with E-state index in [-0.39, 0.29) is 17.4 Å². The third-order valence-corrected chi connectivity index (χ3v) is 5.02. The first-order valence-corrected chi connectivity index (χ1v) is 8.04. The number of fused-ring (bicyclic) bond motifs is 1. The fourth-order valence-corrected chi connectivity index (χ4v) is 3.46. The zero-order chi connectivity index (χ0) is 15.9. The molecule has 1 unspecified atom stereocenters. The lowest BCUT2D eigenvalue weighted by Crippen LogP contribution is -2.40. The zero-order valence-corrected chi connectivity index (χ0v) is 12.8. The SMILES string of the molecule is N#Cc1cccc(C2(NC(=O)C3CCc4nc[nH]c4C3)CC2)c1. The number of benzene rings is 1. The highest BCUT2D eigenvalue weighted by Gasteiger charge is 2.46. The molecule has 1 aromatic carbocycles. The summed E-state index contributed by atoms with van der Waals surface area (Å²) in [4.78, 5) is 20.1. The molecular weight excluding hydrogens is 288 g/mol. The molecule has 0 spiro atoms. The molecule has 0 radical (unpaired) electrons. The number of H-pyrrole nitrogens is 1. The Labute approximate surface area is 134 Å². The average molecular weight is 306 g/mol. The van der Waals surface area contributed by atoms with Crippen LogP contribution in [0.3, 0.4) is 0 Å². The molecule has 1 saturated carbocycles. The van der Waals surface area contributed by atoms with E-state index in [0.717, 1.165) is 49.1 Å². The zero-order valence-electron chi connectivity index (χ0n) is 12.8. The van der Waals surface area contributed by atoms with Crippen LogP contribution in [-0.2, 0) is 23.2 Å². The predicted octanol–water partition coefficient (Wildman–Crippen LogP) is 2.19. The van der Waals surface area contributed by atoms with Crippen molar-refractivity contribution in [3.63, 3.8) is 0 Å². The van der Waals surface area contributed by atoms with Crippen molar-refractivity contribution in [1.29, 1.82) is 5.26 Å². The molecule has 2 aliphatic rings. The van der Waals surface area contributed by atoms with Crippen LogP contribution in [0.15, 0.2) is 30.6 Å². The maximum Gasteiger partial charge on any atom is 0.224 e. The van der Waals surface area contributed by atoms with Crippen LogP contribution in [0, 0.1) is 17.2 Å². The molecule has 1 fully saturated rings. The number of aromatic amines is 1. The highest BCUT2D eigenvalue weighted by molar-refractivity contribution is 5.80. The van der Waals surface area contributed by atoms with Crippen LogP contribution in [-0.4, -0.2) is 15.9 Å². The number of imidazole rings is 1. The quantitative estimate of drug-likeness (QED) is 0.912. The molecule has 5 nitrogen and oxygen atoms in total. The molecule has 23 heavy (non-hydrogen) atoms. The van der Waals surface area contributed by atoms with Crippen molar-refractivity contribution in [2.45, 2.75) is 37.6 Å². The molecule has 116 valence electrons. The molecule has 1 amide bonds. The van der Waals surface area contributed by atoms with E-state index in [2.05, 4.69) is 21.4 Å². The second-order valence-electron chi connectivity index (χ2n) is 6.53. The fourth-order valence-electron chi connectivity index (χ4n) is 3.46. The molecule has 2 N–H and O–H groups in total. The van der Waals surface area contributed by atoms with Crippen LogP contribution in [0.5, 0.6) is 0 Å². The summed E-state index contributed by atoms with van der Waals surface area (Å²) >= 11 is 0. The standard InChI is InChI=1S/C18H18N4O/c19-10-12-2-1-3-14(8-12)18(6-7-18)22-17(23)13-4-5-15-16(9-13)21-11-20-15/h1-3,8,11,13H,4-7,9H2,(H,20,21)(H,22,23).